The molecule has 0 spiro atoms. The van der Waals surface area contributed by atoms with Crippen molar-refractivity contribution in [3.8, 4) is 11.5 Å². The summed E-state index contributed by atoms with van der Waals surface area (Å²) in [5.74, 6) is 0.638. The van der Waals surface area contributed by atoms with Gasteiger partial charge in [-0.2, -0.15) is 0 Å². The van der Waals surface area contributed by atoms with Crippen molar-refractivity contribution < 1.29 is 4.42 Å². The van der Waals surface area contributed by atoms with Crippen molar-refractivity contribution in [2.75, 3.05) is 4.90 Å². The number of anilines is 3. The van der Waals surface area contributed by atoms with E-state index in [0.29, 0.717) is 5.89 Å². The monoisotopic (exact) mass is 572 g/mol. The largest absolute Gasteiger partial charge is 0.435 e. The van der Waals surface area contributed by atoms with Gasteiger partial charge in [0.05, 0.1) is 0 Å². The van der Waals surface area contributed by atoms with Crippen LogP contribution in [0, 0.1) is 0 Å². The quantitative estimate of drug-likeness (QED) is 0.238. The van der Waals surface area contributed by atoms with Crippen LogP contribution in [0.2, 0.25) is 0 Å². The van der Waals surface area contributed by atoms with E-state index in [-0.39, 0.29) is 0 Å². The number of hydrogen-bond donors (Lipinski definition) is 0. The van der Waals surface area contributed by atoms with Gasteiger partial charge in [-0.1, -0.05) is 101 Å². The first kappa shape index (κ1) is 27.5. The summed E-state index contributed by atoms with van der Waals surface area (Å²) in [5, 5.41) is 6.87. The predicted molar refractivity (Wildman–Crippen MR) is 208 cm³/mol. The van der Waals surface area contributed by atoms with Gasteiger partial charge in [-0.3, -0.25) is 0 Å². The Labute approximate surface area is 267 Å². The van der Waals surface area contributed by atoms with Gasteiger partial charge in [-0.25, -0.2) is 4.98 Å². The molecule has 0 atom stereocenters. The summed E-state index contributed by atoms with van der Waals surface area (Å²) in [5.41, 5.74) is 12.8. The van der Waals surface area contributed by atoms with Crippen molar-refractivity contribution in [1.82, 2.24) is 4.98 Å². The Morgan fingerprint density at radius 2 is 1.11 bits per heavy atom. The lowest BCUT2D eigenvalue weighted by molar-refractivity contribution is 0.623. The maximum Gasteiger partial charge on any atom is 0.227 e. The molecule has 0 aliphatic heterocycles. The molecule has 1 heterocycles. The molecule has 7 aromatic carbocycles. The van der Waals surface area contributed by atoms with Crippen molar-refractivity contribution in [2.45, 2.75) is 0 Å². The molecular formula is C37H29B5N2O. The van der Waals surface area contributed by atoms with Crippen molar-refractivity contribution >= 4 is 127 Å². The number of rotatable bonds is 4. The number of oxazole rings is 1. The number of para-hydroxylation sites is 1. The van der Waals surface area contributed by atoms with Crippen LogP contribution < -0.4 is 32.2 Å². The predicted octanol–water partition coefficient (Wildman–Crippen LogP) is 1.72. The molecule has 45 heavy (non-hydrogen) atoms. The zero-order valence-corrected chi connectivity index (χ0v) is 26.3. The Morgan fingerprint density at radius 1 is 0.511 bits per heavy atom. The van der Waals surface area contributed by atoms with Crippen LogP contribution in [-0.4, -0.2) is 44.2 Å². The smallest absolute Gasteiger partial charge is 0.227 e. The second-order valence-corrected chi connectivity index (χ2v) is 12.1. The molecule has 8 aromatic rings. The van der Waals surface area contributed by atoms with Gasteiger partial charge in [0.15, 0.2) is 5.58 Å². The van der Waals surface area contributed by atoms with E-state index in [1.807, 2.05) is 18.2 Å². The normalized spacial score (nSPS) is 11.6. The van der Waals surface area contributed by atoms with Crippen LogP contribution in [0.25, 0.3) is 54.9 Å². The fourth-order valence-corrected chi connectivity index (χ4v) is 7.02. The Hall–Kier alpha value is -5.09. The molecule has 0 aliphatic carbocycles. The summed E-state index contributed by atoms with van der Waals surface area (Å²) in [6.07, 6.45) is 0. The molecule has 1 aromatic heterocycles. The molecule has 0 saturated heterocycles. The zero-order chi connectivity index (χ0) is 30.8. The van der Waals surface area contributed by atoms with Crippen molar-refractivity contribution in [3.63, 3.8) is 0 Å². The second-order valence-electron chi connectivity index (χ2n) is 12.1. The number of hydrogen-bond acceptors (Lipinski definition) is 3. The Morgan fingerprint density at radius 3 is 1.82 bits per heavy atom. The first-order valence-electron chi connectivity index (χ1n) is 15.6. The molecule has 0 saturated carbocycles. The summed E-state index contributed by atoms with van der Waals surface area (Å²) in [4.78, 5) is 7.61. The summed E-state index contributed by atoms with van der Waals surface area (Å²) >= 11 is 0. The van der Waals surface area contributed by atoms with Crippen molar-refractivity contribution in [1.29, 1.82) is 0 Å². The lowest BCUT2D eigenvalue weighted by Gasteiger charge is -2.32. The molecule has 8 heteroatoms. The molecule has 208 valence electrons. The van der Waals surface area contributed by atoms with Crippen LogP contribution in [0.3, 0.4) is 0 Å². The minimum Gasteiger partial charge on any atom is -0.435 e. The van der Waals surface area contributed by atoms with Crippen LogP contribution in [0.1, 0.15) is 0 Å². The highest BCUT2D eigenvalue weighted by atomic mass is 16.3. The van der Waals surface area contributed by atoms with Crippen LogP contribution in [0.15, 0.2) is 120 Å². The summed E-state index contributed by atoms with van der Waals surface area (Å²) in [6.45, 7) is 0. The highest BCUT2D eigenvalue weighted by Gasteiger charge is 2.22. The fourth-order valence-electron chi connectivity index (χ4n) is 7.02. The molecule has 0 fully saturated rings. The number of benzene rings is 7. The molecule has 0 radical (unpaired) electrons. The third-order valence-corrected chi connectivity index (χ3v) is 9.81. The Bertz CT molecular complexity index is 2410. The Kier molecular flexibility index (Phi) is 6.42. The molecule has 8 rings (SSSR count). The maximum atomic E-state index is 6.59. The van der Waals surface area contributed by atoms with Gasteiger partial charge in [-0.05, 0) is 57.9 Å². The standard InChI is InChI=1S/C37H29B5N2O/c38-29-30(39)32(41)35(33(42)31(29)40)44(22-11-5-2-6-12-22)23-17-15-20-16-18-25-24-13-7-8-14-26(24)36-34(28(25)27(20)19-23)43-37(45-36)21-9-3-1-4-10-21/h1-19H,38-42H2. The van der Waals surface area contributed by atoms with Gasteiger partial charge in [-0.15, -0.1) is 5.46 Å². The van der Waals surface area contributed by atoms with E-state index in [2.05, 4.69) is 141 Å². The molecule has 3 nitrogen and oxygen atoms in total. The van der Waals surface area contributed by atoms with Crippen molar-refractivity contribution in [2.24, 2.45) is 0 Å². The first-order valence-corrected chi connectivity index (χ1v) is 15.6. The van der Waals surface area contributed by atoms with Gasteiger partial charge in [0.2, 0.25) is 5.89 Å². The van der Waals surface area contributed by atoms with E-state index >= 15 is 0 Å². The van der Waals surface area contributed by atoms with Gasteiger partial charge in [0.1, 0.15) is 44.7 Å². The van der Waals surface area contributed by atoms with Gasteiger partial charge < -0.3 is 9.32 Å². The van der Waals surface area contributed by atoms with Crippen LogP contribution in [0.5, 0.6) is 0 Å². The van der Waals surface area contributed by atoms with E-state index in [0.717, 1.165) is 44.2 Å². The Balaban J connectivity index is 1.48. The molecule has 0 unspecified atom stereocenters. The average molecular weight is 572 g/mol. The molecule has 0 bridgehead atoms. The fraction of sp³-hybridized carbons (Fsp3) is 0. The summed E-state index contributed by atoms with van der Waals surface area (Å²) < 4.78 is 6.59. The SMILES string of the molecule is Bc1c(B)c(B)c(N(c2ccccc2)c2ccc3ccc4c5ccccc5c5oc(-c6ccccc6)nc5c4c3c2)c(B)c1B. The summed E-state index contributed by atoms with van der Waals surface area (Å²) in [6, 6.07) is 40.7. The number of aromatic nitrogens is 1. The summed E-state index contributed by atoms with van der Waals surface area (Å²) in [7, 11) is 11.2. The number of fused-ring (bicyclic) bond motifs is 8. The van der Waals surface area contributed by atoms with Crippen LogP contribution >= 0.6 is 0 Å². The van der Waals surface area contributed by atoms with Crippen molar-refractivity contribution in [3.05, 3.63) is 115 Å². The zero-order valence-electron chi connectivity index (χ0n) is 26.3. The molecular weight excluding hydrogens is 542 g/mol. The van der Waals surface area contributed by atoms with Crippen LogP contribution in [-0.2, 0) is 0 Å². The minimum absolute atomic E-state index is 0.638. The van der Waals surface area contributed by atoms with E-state index < -0.39 is 0 Å². The maximum absolute atomic E-state index is 6.59. The van der Waals surface area contributed by atoms with Gasteiger partial charge in [0, 0.05) is 33.4 Å². The minimum atomic E-state index is 0.638. The highest BCUT2D eigenvalue weighted by molar-refractivity contribution is 6.69. The lowest BCUT2D eigenvalue weighted by Crippen LogP contribution is -2.56. The molecule has 0 N–H and O–H groups in total. The second kappa shape index (κ2) is 10.5. The number of nitrogens with zero attached hydrogens (tertiary/aromatic N) is 2. The highest BCUT2D eigenvalue weighted by Crippen LogP contribution is 2.42. The van der Waals surface area contributed by atoms with E-state index in [4.69, 9.17) is 9.40 Å². The van der Waals surface area contributed by atoms with E-state index in [9.17, 15) is 0 Å². The third-order valence-electron chi connectivity index (χ3n) is 9.81. The average Bonchev–Trinajstić information content (AvgIpc) is 3.54. The van der Waals surface area contributed by atoms with E-state index in [1.165, 1.54) is 49.2 Å². The lowest BCUT2D eigenvalue weighted by atomic mass is 9.61. The topological polar surface area (TPSA) is 29.3 Å². The molecule has 0 amide bonds. The molecule has 0 aliphatic rings. The first-order chi connectivity index (χ1) is 21.9. The van der Waals surface area contributed by atoms with E-state index in [1.54, 1.807) is 0 Å². The third kappa shape index (κ3) is 4.23. The van der Waals surface area contributed by atoms with Crippen LogP contribution in [0.4, 0.5) is 17.1 Å². The van der Waals surface area contributed by atoms with Gasteiger partial charge in [0.25, 0.3) is 0 Å². The van der Waals surface area contributed by atoms with Gasteiger partial charge >= 0.3 is 0 Å².